The van der Waals surface area contributed by atoms with Crippen LogP contribution in [0, 0.1) is 0 Å². The summed E-state index contributed by atoms with van der Waals surface area (Å²) >= 11 is 0. The summed E-state index contributed by atoms with van der Waals surface area (Å²) < 4.78 is 8.47. The predicted octanol–water partition coefficient (Wildman–Crippen LogP) is 0.617. The number of fused-ring (bicyclic) bond motifs is 1. The highest BCUT2D eigenvalue weighted by Crippen LogP contribution is 2.25. The van der Waals surface area contributed by atoms with E-state index in [1.54, 1.807) is 0 Å². The highest BCUT2D eigenvalue weighted by molar-refractivity contribution is 5.68. The van der Waals surface area contributed by atoms with Crippen molar-refractivity contribution in [3.63, 3.8) is 0 Å². The second-order valence-corrected chi connectivity index (χ2v) is 2.21. The molecule has 4 nitrogen and oxygen atoms in total. The van der Waals surface area contributed by atoms with Crippen LogP contribution in [0.4, 0.5) is 0 Å². The van der Waals surface area contributed by atoms with Crippen molar-refractivity contribution in [3.8, 4) is 11.3 Å². The molecule has 0 spiro atoms. The fraction of sp³-hybridized carbons (Fsp3) is 0.375. The average molecular weight is 169 g/mol. The van der Waals surface area contributed by atoms with Gasteiger partial charge >= 0.3 is 0 Å². The summed E-state index contributed by atoms with van der Waals surface area (Å²) in [6.45, 7) is -1.06. The third-order valence-electron chi connectivity index (χ3n) is 1.46. The molecule has 0 fully saturated rings. The third kappa shape index (κ3) is 2.01. The van der Waals surface area contributed by atoms with E-state index in [9.17, 15) is 0 Å². The van der Waals surface area contributed by atoms with Gasteiger partial charge in [-0.2, -0.15) is 0 Å². The highest BCUT2D eigenvalue weighted by atomic mass is 16.8. The van der Waals surface area contributed by atoms with Crippen LogP contribution in [0.15, 0.2) is 18.3 Å². The Balaban J connectivity index is 0.000000120. The maximum Gasteiger partial charge on any atom is 0.268 e. The van der Waals surface area contributed by atoms with Crippen molar-refractivity contribution in [1.82, 2.24) is 4.98 Å². The van der Waals surface area contributed by atoms with Gasteiger partial charge in [0.1, 0.15) is 0 Å². The molecule has 0 saturated carbocycles. The molecule has 0 aromatic rings. The SMILES string of the molecule is COC(O)OC.c1cc2ncc1-2. The molecule has 1 N–H and O–H groups in total. The van der Waals surface area contributed by atoms with Gasteiger partial charge in [-0.3, -0.25) is 4.98 Å². The van der Waals surface area contributed by atoms with Gasteiger partial charge in [-0.05, 0) is 12.1 Å². The van der Waals surface area contributed by atoms with E-state index in [0.717, 1.165) is 0 Å². The molecular weight excluding hydrogens is 158 g/mol. The summed E-state index contributed by atoms with van der Waals surface area (Å²) in [5, 5.41) is 8.22. The summed E-state index contributed by atoms with van der Waals surface area (Å²) in [7, 11) is 2.71. The molecule has 2 rings (SSSR count). The molecule has 1 aliphatic heterocycles. The first-order chi connectivity index (χ1) is 5.77. The fourth-order valence-electron chi connectivity index (χ4n) is 0.650. The Morgan fingerprint density at radius 2 is 1.92 bits per heavy atom. The molecular formula is C8H11NO3. The number of aromatic nitrogens is 1. The van der Waals surface area contributed by atoms with Crippen molar-refractivity contribution in [1.29, 1.82) is 0 Å². The first kappa shape index (κ1) is 9.12. The monoisotopic (exact) mass is 169 g/mol. The van der Waals surface area contributed by atoms with Gasteiger partial charge in [0, 0.05) is 26.0 Å². The summed E-state index contributed by atoms with van der Waals surface area (Å²) in [5.74, 6) is 0. The lowest BCUT2D eigenvalue weighted by atomic mass is 10.1. The molecule has 0 atom stereocenters. The molecule has 12 heavy (non-hydrogen) atoms. The molecule has 66 valence electrons. The molecule has 0 amide bonds. The van der Waals surface area contributed by atoms with E-state index in [4.69, 9.17) is 5.11 Å². The number of methoxy groups -OCH3 is 2. The molecule has 0 aromatic carbocycles. The number of ether oxygens (including phenoxy) is 2. The number of rotatable bonds is 2. The van der Waals surface area contributed by atoms with Crippen LogP contribution in [0.25, 0.3) is 11.3 Å². The van der Waals surface area contributed by atoms with Crippen molar-refractivity contribution >= 4 is 0 Å². The minimum absolute atomic E-state index is 1.06. The molecule has 0 bridgehead atoms. The standard InChI is InChI=1S/C5H3N.C3H8O3/c1-2-5-4(1)3-6-5;1-5-3(4)6-2/h1-3H;3-4H,1-2H3. The van der Waals surface area contributed by atoms with Crippen LogP contribution < -0.4 is 0 Å². The Labute approximate surface area is 70.8 Å². The van der Waals surface area contributed by atoms with Crippen LogP contribution >= 0.6 is 0 Å². The lowest BCUT2D eigenvalue weighted by Gasteiger charge is -2.08. The quantitative estimate of drug-likeness (QED) is 0.669. The van der Waals surface area contributed by atoms with Crippen molar-refractivity contribution in [2.75, 3.05) is 14.2 Å². The molecule has 0 saturated heterocycles. The number of pyridine rings is 1. The Morgan fingerprint density at radius 3 is 1.92 bits per heavy atom. The summed E-state index contributed by atoms with van der Waals surface area (Å²) in [4.78, 5) is 3.91. The van der Waals surface area contributed by atoms with E-state index < -0.39 is 6.48 Å². The average Bonchev–Trinajstić information content (AvgIpc) is 2.10. The van der Waals surface area contributed by atoms with Gasteiger partial charge in [-0.1, -0.05) is 0 Å². The lowest BCUT2D eigenvalue weighted by molar-refractivity contribution is -0.236. The first-order valence-corrected chi connectivity index (χ1v) is 3.48. The zero-order valence-electron chi connectivity index (χ0n) is 7.02. The second kappa shape index (κ2) is 4.15. The molecule has 1 aliphatic carbocycles. The fourth-order valence-corrected chi connectivity index (χ4v) is 0.650. The van der Waals surface area contributed by atoms with Crippen molar-refractivity contribution in [2.45, 2.75) is 6.48 Å². The normalized spacial score (nSPS) is 10.7. The smallest absolute Gasteiger partial charge is 0.268 e. The Bertz CT molecular complexity index is 210. The summed E-state index contributed by atoms with van der Waals surface area (Å²) in [6.07, 6.45) is 1.87. The maximum absolute atomic E-state index is 8.22. The van der Waals surface area contributed by atoms with E-state index in [-0.39, 0.29) is 0 Å². The minimum atomic E-state index is -1.06. The van der Waals surface area contributed by atoms with Gasteiger partial charge < -0.3 is 14.6 Å². The van der Waals surface area contributed by atoms with Crippen LogP contribution in [0.1, 0.15) is 0 Å². The zero-order valence-corrected chi connectivity index (χ0v) is 7.02. The lowest BCUT2D eigenvalue weighted by Crippen LogP contribution is -2.09. The first-order valence-electron chi connectivity index (χ1n) is 3.48. The van der Waals surface area contributed by atoms with Crippen molar-refractivity contribution in [2.24, 2.45) is 0 Å². The van der Waals surface area contributed by atoms with Crippen LogP contribution in [-0.4, -0.2) is 30.8 Å². The number of nitrogens with zero attached hydrogens (tertiary/aromatic N) is 1. The van der Waals surface area contributed by atoms with Crippen LogP contribution in [0.2, 0.25) is 0 Å². The molecule has 4 heteroatoms. The van der Waals surface area contributed by atoms with Crippen LogP contribution in [0.5, 0.6) is 0 Å². The third-order valence-corrected chi connectivity index (χ3v) is 1.46. The summed E-state index contributed by atoms with van der Waals surface area (Å²) in [5.41, 5.74) is 2.49. The van der Waals surface area contributed by atoms with E-state index in [1.807, 2.05) is 12.3 Å². The maximum atomic E-state index is 8.22. The predicted molar refractivity (Wildman–Crippen MR) is 43.3 cm³/mol. The number of aliphatic hydroxyl groups excluding tert-OH is 1. The van der Waals surface area contributed by atoms with Gasteiger partial charge in [0.05, 0.1) is 5.69 Å². The van der Waals surface area contributed by atoms with Crippen LogP contribution in [-0.2, 0) is 9.47 Å². The number of hydrogen-bond donors (Lipinski definition) is 1. The minimum Gasteiger partial charge on any atom is -0.346 e. The summed E-state index contributed by atoms with van der Waals surface area (Å²) in [6, 6.07) is 4.07. The van der Waals surface area contributed by atoms with E-state index in [2.05, 4.69) is 20.5 Å². The van der Waals surface area contributed by atoms with E-state index in [1.165, 1.54) is 25.5 Å². The molecule has 0 radical (unpaired) electrons. The molecule has 0 aromatic heterocycles. The zero-order chi connectivity index (χ0) is 8.97. The van der Waals surface area contributed by atoms with Gasteiger partial charge in [0.25, 0.3) is 6.48 Å². The highest BCUT2D eigenvalue weighted by Gasteiger charge is 2.06. The van der Waals surface area contributed by atoms with Gasteiger partial charge in [-0.25, -0.2) is 0 Å². The van der Waals surface area contributed by atoms with Gasteiger partial charge in [0.2, 0.25) is 0 Å². The molecule has 1 heterocycles. The number of hydrogen-bond acceptors (Lipinski definition) is 4. The van der Waals surface area contributed by atoms with Gasteiger partial charge in [0.15, 0.2) is 0 Å². The van der Waals surface area contributed by atoms with Crippen molar-refractivity contribution < 1.29 is 14.6 Å². The van der Waals surface area contributed by atoms with Crippen molar-refractivity contribution in [3.05, 3.63) is 18.3 Å². The Morgan fingerprint density at radius 1 is 1.33 bits per heavy atom. The second-order valence-electron chi connectivity index (χ2n) is 2.21. The largest absolute Gasteiger partial charge is 0.346 e. The van der Waals surface area contributed by atoms with Gasteiger partial charge in [-0.15, -0.1) is 0 Å². The number of aliphatic hydroxyl groups is 1. The Kier molecular flexibility index (Phi) is 3.16. The topological polar surface area (TPSA) is 51.6 Å². The molecule has 2 aliphatic rings. The van der Waals surface area contributed by atoms with E-state index in [0.29, 0.717) is 0 Å². The Hall–Kier alpha value is -0.970. The van der Waals surface area contributed by atoms with E-state index >= 15 is 0 Å². The molecule has 0 unspecified atom stereocenters. The van der Waals surface area contributed by atoms with Crippen LogP contribution in [0.3, 0.4) is 0 Å².